The van der Waals surface area contributed by atoms with Gasteiger partial charge in [-0.05, 0) is 54.4 Å². The van der Waals surface area contributed by atoms with Crippen molar-refractivity contribution in [2.24, 2.45) is 5.92 Å². The highest BCUT2D eigenvalue weighted by atomic mass is 16.5. The molecule has 0 bridgehead atoms. The summed E-state index contributed by atoms with van der Waals surface area (Å²) in [6.07, 6.45) is 6.65. The molecule has 0 spiro atoms. The van der Waals surface area contributed by atoms with Crippen LogP contribution in [0.25, 0.3) is 16.6 Å². The van der Waals surface area contributed by atoms with Crippen LogP contribution in [0.4, 0.5) is 5.69 Å². The molecule has 0 fully saturated rings. The van der Waals surface area contributed by atoms with Crippen molar-refractivity contribution in [2.45, 2.75) is 38.5 Å². The molecule has 2 aromatic heterocycles. The van der Waals surface area contributed by atoms with Crippen LogP contribution in [-0.4, -0.2) is 54.6 Å². The van der Waals surface area contributed by atoms with E-state index in [1.807, 2.05) is 61.5 Å². The predicted molar refractivity (Wildman–Crippen MR) is 166 cm³/mol. The summed E-state index contributed by atoms with van der Waals surface area (Å²) < 4.78 is 8.64. The fraction of sp³-hybridized carbons (Fsp3) is 0.273. The van der Waals surface area contributed by atoms with Gasteiger partial charge in [0, 0.05) is 37.3 Å². The zero-order chi connectivity index (χ0) is 30.8. The van der Waals surface area contributed by atoms with E-state index in [2.05, 4.69) is 15.4 Å². The summed E-state index contributed by atoms with van der Waals surface area (Å²) >= 11 is 0. The number of aromatic amines is 1. The minimum Gasteiger partial charge on any atom is -0.497 e. The van der Waals surface area contributed by atoms with Gasteiger partial charge in [0.15, 0.2) is 5.60 Å². The number of aromatic nitrogens is 5. The number of carbonyl (C=O) groups is 1. The molecular weight excluding hydrogens is 560 g/mol. The van der Waals surface area contributed by atoms with Crippen molar-refractivity contribution in [2.75, 3.05) is 18.6 Å². The lowest BCUT2D eigenvalue weighted by molar-refractivity contribution is -0.139. The predicted octanol–water partition coefficient (Wildman–Crippen LogP) is 3.47. The monoisotopic (exact) mass is 594 g/mol. The van der Waals surface area contributed by atoms with Gasteiger partial charge >= 0.3 is 0 Å². The van der Waals surface area contributed by atoms with E-state index in [-0.39, 0.29) is 18.7 Å². The number of para-hydroxylation sites is 1. The summed E-state index contributed by atoms with van der Waals surface area (Å²) in [5, 5.41) is 33.0. The second kappa shape index (κ2) is 11.9. The Kier molecular flexibility index (Phi) is 7.90. The van der Waals surface area contributed by atoms with Gasteiger partial charge < -0.3 is 19.8 Å². The Hall–Kier alpha value is -5.00. The quantitative estimate of drug-likeness (QED) is 0.199. The number of methoxy groups -OCH3 is 1. The van der Waals surface area contributed by atoms with Gasteiger partial charge in [0.05, 0.1) is 41.6 Å². The third kappa shape index (κ3) is 5.20. The van der Waals surface area contributed by atoms with Crippen LogP contribution in [0.15, 0.2) is 89.9 Å². The minimum absolute atomic E-state index is 0.0175. The zero-order valence-corrected chi connectivity index (χ0v) is 24.6. The lowest BCUT2D eigenvalue weighted by Gasteiger charge is -2.28. The fourth-order valence-electron chi connectivity index (χ4n) is 5.71. The number of H-pyrrole nitrogens is 1. The van der Waals surface area contributed by atoms with E-state index in [1.165, 1.54) is 4.68 Å². The first-order chi connectivity index (χ1) is 21.3. The number of nitrogens with one attached hydrogen (secondary N) is 1. The number of anilines is 1. The van der Waals surface area contributed by atoms with Crippen LogP contribution in [0.3, 0.4) is 0 Å². The van der Waals surface area contributed by atoms with Crippen LogP contribution in [0.2, 0.25) is 0 Å². The smallest absolute Gasteiger partial charge is 0.279 e. The van der Waals surface area contributed by atoms with E-state index < -0.39 is 17.4 Å². The van der Waals surface area contributed by atoms with Gasteiger partial charge in [0.2, 0.25) is 0 Å². The Morgan fingerprint density at radius 3 is 2.64 bits per heavy atom. The molecule has 0 saturated carbocycles. The van der Waals surface area contributed by atoms with Crippen LogP contribution in [-0.2, 0) is 29.9 Å². The highest BCUT2D eigenvalue weighted by molar-refractivity contribution is 6.07. The molecule has 1 amide bonds. The number of amides is 1. The molecule has 2 atom stereocenters. The number of aliphatic hydroxyl groups excluding tert-OH is 1. The van der Waals surface area contributed by atoms with Gasteiger partial charge in [-0.1, -0.05) is 48.6 Å². The molecule has 5 aromatic rings. The molecule has 1 aliphatic heterocycles. The van der Waals surface area contributed by atoms with Crippen molar-refractivity contribution in [1.82, 2.24) is 24.8 Å². The number of hydrogen-bond acceptors (Lipinski definition) is 7. The normalized spacial score (nSPS) is 17.1. The molecule has 226 valence electrons. The van der Waals surface area contributed by atoms with E-state index in [4.69, 9.17) is 9.84 Å². The maximum Gasteiger partial charge on any atom is 0.279 e. The number of fused-ring (bicyclic) bond motifs is 2. The maximum absolute atomic E-state index is 14.0. The molecule has 3 N–H and O–H groups in total. The second-order valence-corrected chi connectivity index (χ2v) is 11.0. The summed E-state index contributed by atoms with van der Waals surface area (Å²) in [7, 11) is 1.55. The van der Waals surface area contributed by atoms with Crippen molar-refractivity contribution in [1.29, 1.82) is 0 Å². The SMILES string of the molecule is COc1ccc2c(c1)[C@](O)([C@@H](C)/C=C/CCn1cc(CCO)nn1)C(=O)N2Cc1ccc(-n2[nH]c3ccccc3c2=O)cc1. The van der Waals surface area contributed by atoms with Crippen molar-refractivity contribution in [3.8, 4) is 11.4 Å². The number of hydrogen-bond donors (Lipinski definition) is 3. The number of benzene rings is 3. The Morgan fingerprint density at radius 1 is 1.09 bits per heavy atom. The van der Waals surface area contributed by atoms with E-state index in [9.17, 15) is 14.7 Å². The van der Waals surface area contributed by atoms with Crippen LogP contribution >= 0.6 is 0 Å². The third-order valence-electron chi connectivity index (χ3n) is 8.17. The molecule has 0 radical (unpaired) electrons. The summed E-state index contributed by atoms with van der Waals surface area (Å²) in [6.45, 7) is 2.65. The van der Waals surface area contributed by atoms with E-state index in [0.29, 0.717) is 47.5 Å². The molecule has 0 aliphatic carbocycles. The lowest BCUT2D eigenvalue weighted by atomic mass is 9.83. The number of allylic oxidation sites excluding steroid dienone is 1. The van der Waals surface area contributed by atoms with E-state index in [1.54, 1.807) is 47.2 Å². The topological polar surface area (TPSA) is 138 Å². The van der Waals surface area contributed by atoms with Crippen molar-refractivity contribution in [3.05, 3.63) is 112 Å². The average Bonchev–Trinajstić information content (AvgIpc) is 3.70. The van der Waals surface area contributed by atoms with Crippen molar-refractivity contribution < 1.29 is 19.7 Å². The lowest BCUT2D eigenvalue weighted by Crippen LogP contribution is -2.44. The van der Waals surface area contributed by atoms with Crippen LogP contribution < -0.4 is 15.2 Å². The zero-order valence-electron chi connectivity index (χ0n) is 24.6. The Morgan fingerprint density at radius 2 is 1.89 bits per heavy atom. The van der Waals surface area contributed by atoms with Crippen LogP contribution in [0.5, 0.6) is 5.75 Å². The van der Waals surface area contributed by atoms with Crippen molar-refractivity contribution >= 4 is 22.5 Å². The number of ether oxygens (including phenoxy) is 1. The third-order valence-corrected chi connectivity index (χ3v) is 8.17. The second-order valence-electron chi connectivity index (χ2n) is 11.0. The van der Waals surface area contributed by atoms with Crippen molar-refractivity contribution in [3.63, 3.8) is 0 Å². The fourth-order valence-corrected chi connectivity index (χ4v) is 5.71. The van der Waals surface area contributed by atoms with E-state index >= 15 is 0 Å². The Balaban J connectivity index is 1.22. The van der Waals surface area contributed by atoms with Gasteiger partial charge in [-0.3, -0.25) is 19.4 Å². The van der Waals surface area contributed by atoms with Gasteiger partial charge in [-0.15, -0.1) is 5.10 Å². The molecule has 1 aliphatic rings. The number of nitrogens with zero attached hydrogens (tertiary/aromatic N) is 5. The van der Waals surface area contributed by atoms with Gasteiger partial charge in [-0.2, -0.15) is 0 Å². The molecule has 11 nitrogen and oxygen atoms in total. The highest BCUT2D eigenvalue weighted by Crippen LogP contribution is 2.47. The van der Waals surface area contributed by atoms with Gasteiger partial charge in [0.25, 0.3) is 11.5 Å². The first-order valence-corrected chi connectivity index (χ1v) is 14.5. The first kappa shape index (κ1) is 29.1. The number of carbonyl (C=O) groups excluding carboxylic acids is 1. The number of aliphatic hydroxyl groups is 2. The minimum atomic E-state index is -1.79. The molecule has 3 heterocycles. The van der Waals surface area contributed by atoms with Gasteiger partial charge in [-0.25, -0.2) is 4.68 Å². The average molecular weight is 595 g/mol. The Labute approximate surface area is 253 Å². The largest absolute Gasteiger partial charge is 0.497 e. The van der Waals surface area contributed by atoms with Crippen LogP contribution in [0.1, 0.15) is 30.2 Å². The molecule has 44 heavy (non-hydrogen) atoms. The summed E-state index contributed by atoms with van der Waals surface area (Å²) in [5.74, 6) is -0.410. The maximum atomic E-state index is 14.0. The standard InChI is InChI=1S/C33H34N6O5/c1-22(7-5-6-17-37-21-24(16-18-40)34-36-37)33(43)28-19-26(44-2)14-15-30(28)38(32(33)42)20-23-10-12-25(13-11-23)39-31(41)27-8-3-4-9-29(27)35-39/h3-5,7-15,19,21-22,35,40,43H,6,16-18,20H2,1-2H3/b7-5+/t22-,33+/m0/s1. The molecule has 0 unspecified atom stereocenters. The number of rotatable bonds is 11. The molecule has 0 saturated heterocycles. The highest BCUT2D eigenvalue weighted by Gasteiger charge is 2.52. The molecular formula is C33H34N6O5. The Bertz CT molecular complexity index is 1890. The molecule has 11 heteroatoms. The summed E-state index contributed by atoms with van der Waals surface area (Å²) in [5.41, 5.74) is 2.18. The molecule has 6 rings (SSSR count). The summed E-state index contributed by atoms with van der Waals surface area (Å²) in [6, 6.07) is 20.1. The van der Waals surface area contributed by atoms with Crippen LogP contribution in [0, 0.1) is 5.92 Å². The summed E-state index contributed by atoms with van der Waals surface area (Å²) in [4.78, 5) is 28.5. The first-order valence-electron chi connectivity index (χ1n) is 14.5. The van der Waals surface area contributed by atoms with E-state index in [0.717, 1.165) is 16.8 Å². The van der Waals surface area contributed by atoms with Gasteiger partial charge in [0.1, 0.15) is 5.75 Å². The number of aryl methyl sites for hydroxylation is 1. The molecule has 3 aromatic carbocycles.